The van der Waals surface area contributed by atoms with Crippen molar-refractivity contribution in [1.82, 2.24) is 0 Å². The molecule has 0 fully saturated rings. The molecule has 3 nitrogen and oxygen atoms in total. The monoisotopic (exact) mass is 238 g/mol. The van der Waals surface area contributed by atoms with Gasteiger partial charge in [-0.05, 0) is 31.2 Å². The molecule has 0 aliphatic heterocycles. The molecule has 0 saturated carbocycles. The Hall–Kier alpha value is -1.29. The average molecular weight is 238 g/mol. The summed E-state index contributed by atoms with van der Waals surface area (Å²) < 4.78 is 0. The Morgan fingerprint density at radius 3 is 2.50 bits per heavy atom. The van der Waals surface area contributed by atoms with Gasteiger partial charge in [-0.25, -0.2) is 0 Å². The minimum absolute atomic E-state index is 0.0306. The lowest BCUT2D eigenvalue weighted by Gasteiger charge is -2.12. The number of aliphatic carboxylic acids is 1. The number of carboxylic acid groups (broad SMARTS) is 1. The zero-order valence-electron chi connectivity index (χ0n) is 9.48. The van der Waals surface area contributed by atoms with E-state index in [1.165, 1.54) is 0 Å². The highest BCUT2D eigenvalue weighted by Gasteiger charge is 2.19. The number of benzene rings is 1. The fourth-order valence-corrected chi connectivity index (χ4v) is 2.03. The summed E-state index contributed by atoms with van der Waals surface area (Å²) in [6.45, 7) is 3.41. The van der Waals surface area contributed by atoms with E-state index in [1.807, 2.05) is 0 Å². The summed E-state index contributed by atoms with van der Waals surface area (Å²) in [5, 5.41) is 8.93. The molecule has 0 amide bonds. The molecule has 1 aromatic rings. The number of rotatable bonds is 3. The van der Waals surface area contributed by atoms with Crippen LogP contribution in [0.3, 0.4) is 0 Å². The highest BCUT2D eigenvalue weighted by atomic mass is 32.2. The van der Waals surface area contributed by atoms with Gasteiger partial charge in [-0.1, -0.05) is 30.0 Å². The van der Waals surface area contributed by atoms with Crippen molar-refractivity contribution >= 4 is 22.8 Å². The topological polar surface area (TPSA) is 54.4 Å². The summed E-state index contributed by atoms with van der Waals surface area (Å²) in [5.74, 6) is -1.47. The fourth-order valence-electron chi connectivity index (χ4n) is 1.59. The normalized spacial score (nSPS) is 12.2. The van der Waals surface area contributed by atoms with E-state index in [2.05, 4.69) is 0 Å². The summed E-state index contributed by atoms with van der Waals surface area (Å²) in [6, 6.07) is 5.21. The van der Waals surface area contributed by atoms with Crippen LogP contribution in [-0.2, 0) is 4.79 Å². The standard InChI is InChI=1S/C12H14O3S/c1-7-9(8(2)11(13)14)5-4-6-10(7)12(15)16-3/h4-6,8H,1-3H3,(H,13,14). The third kappa shape index (κ3) is 2.44. The van der Waals surface area contributed by atoms with E-state index in [9.17, 15) is 9.59 Å². The Morgan fingerprint density at radius 1 is 1.38 bits per heavy atom. The van der Waals surface area contributed by atoms with Gasteiger partial charge in [0, 0.05) is 5.56 Å². The Bertz CT molecular complexity index is 426. The molecule has 0 aromatic heterocycles. The van der Waals surface area contributed by atoms with Crippen molar-refractivity contribution < 1.29 is 14.7 Å². The second kappa shape index (κ2) is 5.16. The average Bonchev–Trinajstić information content (AvgIpc) is 2.27. The van der Waals surface area contributed by atoms with Crippen LogP contribution in [0.2, 0.25) is 0 Å². The maximum atomic E-state index is 11.6. The lowest BCUT2D eigenvalue weighted by atomic mass is 9.93. The number of carbonyl (C=O) groups excluding carboxylic acids is 1. The van der Waals surface area contributed by atoms with Gasteiger partial charge >= 0.3 is 5.97 Å². The smallest absolute Gasteiger partial charge is 0.310 e. The molecule has 0 aliphatic rings. The third-order valence-electron chi connectivity index (χ3n) is 2.62. The van der Waals surface area contributed by atoms with Gasteiger partial charge < -0.3 is 5.11 Å². The van der Waals surface area contributed by atoms with Gasteiger partial charge in [0.2, 0.25) is 5.12 Å². The summed E-state index contributed by atoms with van der Waals surface area (Å²) >= 11 is 1.13. The van der Waals surface area contributed by atoms with Crippen LogP contribution in [0.15, 0.2) is 18.2 Å². The molecule has 16 heavy (non-hydrogen) atoms. The molecule has 1 rings (SSSR count). The Kier molecular flexibility index (Phi) is 4.12. The van der Waals surface area contributed by atoms with Crippen LogP contribution in [0.5, 0.6) is 0 Å². The molecule has 1 aromatic carbocycles. The fraction of sp³-hybridized carbons (Fsp3) is 0.333. The van der Waals surface area contributed by atoms with Crippen LogP contribution in [0, 0.1) is 6.92 Å². The predicted molar refractivity (Wildman–Crippen MR) is 65.1 cm³/mol. The van der Waals surface area contributed by atoms with Crippen molar-refractivity contribution in [2.75, 3.05) is 6.26 Å². The second-order valence-corrected chi connectivity index (χ2v) is 4.35. The summed E-state index contributed by atoms with van der Waals surface area (Å²) in [4.78, 5) is 22.5. The Labute approximate surface area is 98.9 Å². The SMILES string of the molecule is CSC(=O)c1cccc(C(C)C(=O)O)c1C. The van der Waals surface area contributed by atoms with Crippen LogP contribution in [0.25, 0.3) is 0 Å². The van der Waals surface area contributed by atoms with Gasteiger partial charge in [0.05, 0.1) is 5.92 Å². The maximum absolute atomic E-state index is 11.6. The van der Waals surface area contributed by atoms with Gasteiger partial charge in [0.25, 0.3) is 0 Å². The van der Waals surface area contributed by atoms with Gasteiger partial charge in [0.15, 0.2) is 0 Å². The lowest BCUT2D eigenvalue weighted by Crippen LogP contribution is -2.10. The molecule has 0 bridgehead atoms. The van der Waals surface area contributed by atoms with E-state index in [0.29, 0.717) is 11.1 Å². The molecule has 0 heterocycles. The zero-order chi connectivity index (χ0) is 12.3. The highest BCUT2D eigenvalue weighted by Crippen LogP contribution is 2.24. The quantitative estimate of drug-likeness (QED) is 0.879. The highest BCUT2D eigenvalue weighted by molar-refractivity contribution is 8.13. The first-order valence-corrected chi connectivity index (χ1v) is 6.12. The van der Waals surface area contributed by atoms with Crippen molar-refractivity contribution in [1.29, 1.82) is 0 Å². The number of carbonyl (C=O) groups is 2. The molecule has 1 unspecified atom stereocenters. The molecule has 1 N–H and O–H groups in total. The van der Waals surface area contributed by atoms with Crippen molar-refractivity contribution in [3.05, 3.63) is 34.9 Å². The molecule has 4 heteroatoms. The first-order chi connectivity index (χ1) is 7.49. The predicted octanol–water partition coefficient (Wildman–Crippen LogP) is 2.69. The van der Waals surface area contributed by atoms with E-state index in [0.717, 1.165) is 17.3 Å². The minimum atomic E-state index is -0.878. The lowest BCUT2D eigenvalue weighted by molar-refractivity contribution is -0.138. The zero-order valence-corrected chi connectivity index (χ0v) is 10.3. The Morgan fingerprint density at radius 2 is 2.00 bits per heavy atom. The van der Waals surface area contributed by atoms with Crippen molar-refractivity contribution in [3.63, 3.8) is 0 Å². The van der Waals surface area contributed by atoms with Crippen LogP contribution < -0.4 is 0 Å². The first kappa shape index (κ1) is 12.8. The van der Waals surface area contributed by atoms with E-state index >= 15 is 0 Å². The van der Waals surface area contributed by atoms with Crippen molar-refractivity contribution in [3.8, 4) is 0 Å². The van der Waals surface area contributed by atoms with Crippen LogP contribution in [0.1, 0.15) is 34.3 Å². The van der Waals surface area contributed by atoms with Gasteiger partial charge in [-0.3, -0.25) is 9.59 Å². The molecule has 86 valence electrons. The summed E-state index contributed by atoms with van der Waals surface area (Å²) in [7, 11) is 0. The molecule has 1 atom stereocenters. The summed E-state index contributed by atoms with van der Waals surface area (Å²) in [6.07, 6.45) is 1.72. The first-order valence-electron chi connectivity index (χ1n) is 4.89. The van der Waals surface area contributed by atoms with E-state index in [-0.39, 0.29) is 5.12 Å². The summed E-state index contributed by atoms with van der Waals surface area (Å²) in [5.41, 5.74) is 2.06. The van der Waals surface area contributed by atoms with E-state index in [1.54, 1.807) is 38.3 Å². The van der Waals surface area contributed by atoms with Crippen LogP contribution >= 0.6 is 11.8 Å². The number of hydrogen-bond donors (Lipinski definition) is 1. The minimum Gasteiger partial charge on any atom is -0.481 e. The maximum Gasteiger partial charge on any atom is 0.310 e. The largest absolute Gasteiger partial charge is 0.481 e. The van der Waals surface area contributed by atoms with Crippen molar-refractivity contribution in [2.24, 2.45) is 0 Å². The molecule has 0 spiro atoms. The van der Waals surface area contributed by atoms with Crippen LogP contribution in [0.4, 0.5) is 0 Å². The number of carboxylic acids is 1. The van der Waals surface area contributed by atoms with E-state index in [4.69, 9.17) is 5.11 Å². The molecular weight excluding hydrogens is 224 g/mol. The van der Waals surface area contributed by atoms with Crippen molar-refractivity contribution in [2.45, 2.75) is 19.8 Å². The third-order valence-corrected chi connectivity index (χ3v) is 3.21. The molecule has 0 saturated heterocycles. The van der Waals surface area contributed by atoms with E-state index < -0.39 is 11.9 Å². The number of thioether (sulfide) groups is 1. The second-order valence-electron chi connectivity index (χ2n) is 3.57. The number of hydrogen-bond acceptors (Lipinski definition) is 3. The molecule has 0 radical (unpaired) electrons. The van der Waals surface area contributed by atoms with Gasteiger partial charge in [-0.2, -0.15) is 0 Å². The molecule has 0 aliphatic carbocycles. The molecular formula is C12H14O3S. The van der Waals surface area contributed by atoms with Crippen LogP contribution in [-0.4, -0.2) is 22.4 Å². The van der Waals surface area contributed by atoms with Gasteiger partial charge in [-0.15, -0.1) is 0 Å². The Balaban J connectivity index is 3.23. The van der Waals surface area contributed by atoms with Gasteiger partial charge in [0.1, 0.15) is 0 Å².